The molecule has 2 saturated carbocycles. The van der Waals surface area contributed by atoms with E-state index in [1.54, 1.807) is 6.07 Å². The number of hydrogen-bond donors (Lipinski definition) is 3. The van der Waals surface area contributed by atoms with Gasteiger partial charge in [0.05, 0.1) is 12.6 Å². The van der Waals surface area contributed by atoms with Crippen molar-refractivity contribution >= 4 is 29.9 Å². The summed E-state index contributed by atoms with van der Waals surface area (Å²) in [6.07, 6.45) is 5.44. The summed E-state index contributed by atoms with van der Waals surface area (Å²) in [6, 6.07) is 7.42. The first-order chi connectivity index (χ1) is 11.6. The van der Waals surface area contributed by atoms with Gasteiger partial charge in [-0.3, -0.25) is 4.99 Å². The van der Waals surface area contributed by atoms with Gasteiger partial charge < -0.3 is 15.7 Å². The van der Waals surface area contributed by atoms with Crippen LogP contribution in [0, 0.1) is 5.82 Å². The number of aliphatic hydroxyl groups excluding tert-OH is 1. The molecule has 0 saturated heterocycles. The number of nitrogens with one attached hydrogen (secondary N) is 2. The van der Waals surface area contributed by atoms with Crippen LogP contribution < -0.4 is 10.6 Å². The molecular weight excluding hydrogens is 432 g/mol. The molecule has 0 aliphatic heterocycles. The number of rotatable bonds is 5. The van der Waals surface area contributed by atoms with Gasteiger partial charge in [-0.2, -0.15) is 0 Å². The van der Waals surface area contributed by atoms with Gasteiger partial charge in [-0.05, 0) is 57.1 Å². The number of hydrogen-bond acceptors (Lipinski definition) is 2. The van der Waals surface area contributed by atoms with Crippen LogP contribution in [-0.2, 0) is 5.41 Å². The highest BCUT2D eigenvalue weighted by Crippen LogP contribution is 2.49. The fourth-order valence-electron chi connectivity index (χ4n) is 3.52. The minimum absolute atomic E-state index is 0. The number of aliphatic hydroxyl groups is 1. The van der Waals surface area contributed by atoms with Crippen LogP contribution in [0.25, 0.3) is 0 Å². The molecule has 0 heterocycles. The SMILES string of the molecule is CCNC(=NCC1(c2ccccc2F)CC1)NC1CCC(O)CC1.I. The lowest BCUT2D eigenvalue weighted by molar-refractivity contribution is 0.120. The van der Waals surface area contributed by atoms with Crippen LogP contribution in [-0.4, -0.2) is 36.3 Å². The Morgan fingerprint density at radius 3 is 2.52 bits per heavy atom. The molecule has 0 aromatic heterocycles. The lowest BCUT2D eigenvalue weighted by Gasteiger charge is -2.28. The average Bonchev–Trinajstić information content (AvgIpc) is 3.36. The summed E-state index contributed by atoms with van der Waals surface area (Å²) in [5.41, 5.74) is 0.668. The fraction of sp³-hybridized carbons (Fsp3) is 0.632. The standard InChI is InChI=1S/C19H28FN3O.HI/c1-2-21-18(23-14-7-9-15(24)10-8-14)22-13-19(11-12-19)16-5-3-4-6-17(16)20;/h3-6,14-15,24H,2,7-13H2,1H3,(H2,21,22,23);1H. The minimum atomic E-state index is -0.154. The molecule has 0 radical (unpaired) electrons. The molecule has 0 spiro atoms. The number of nitrogens with zero attached hydrogens (tertiary/aromatic N) is 1. The van der Waals surface area contributed by atoms with Gasteiger partial charge in [0.1, 0.15) is 5.82 Å². The molecule has 0 amide bonds. The van der Waals surface area contributed by atoms with Gasteiger partial charge in [-0.1, -0.05) is 18.2 Å². The van der Waals surface area contributed by atoms with Crippen molar-refractivity contribution in [1.82, 2.24) is 10.6 Å². The van der Waals surface area contributed by atoms with Crippen LogP contribution in [0.4, 0.5) is 4.39 Å². The van der Waals surface area contributed by atoms with Gasteiger partial charge in [0.25, 0.3) is 0 Å². The van der Waals surface area contributed by atoms with Crippen molar-refractivity contribution in [3.8, 4) is 0 Å². The maximum absolute atomic E-state index is 14.1. The predicted octanol–water partition coefficient (Wildman–Crippen LogP) is 3.33. The maximum atomic E-state index is 14.1. The molecule has 4 nitrogen and oxygen atoms in total. The van der Waals surface area contributed by atoms with E-state index in [1.807, 2.05) is 19.1 Å². The molecule has 140 valence electrons. The highest BCUT2D eigenvalue weighted by Gasteiger charge is 2.45. The van der Waals surface area contributed by atoms with E-state index in [9.17, 15) is 9.50 Å². The average molecular weight is 461 g/mol. The Labute approximate surface area is 166 Å². The number of halogens is 2. The zero-order valence-corrected chi connectivity index (χ0v) is 17.1. The second kappa shape index (κ2) is 9.16. The van der Waals surface area contributed by atoms with Crippen molar-refractivity contribution in [1.29, 1.82) is 0 Å². The van der Waals surface area contributed by atoms with E-state index in [4.69, 9.17) is 4.99 Å². The third-order valence-corrected chi connectivity index (χ3v) is 5.22. The van der Waals surface area contributed by atoms with Crippen molar-refractivity contribution in [2.45, 2.75) is 63.0 Å². The van der Waals surface area contributed by atoms with Gasteiger partial charge in [0.2, 0.25) is 0 Å². The summed E-state index contributed by atoms with van der Waals surface area (Å²) in [5.74, 6) is 0.686. The molecule has 1 aromatic carbocycles. The second-order valence-electron chi connectivity index (χ2n) is 7.11. The van der Waals surface area contributed by atoms with Crippen LogP contribution in [0.3, 0.4) is 0 Å². The summed E-state index contributed by atoms with van der Waals surface area (Å²) in [6.45, 7) is 3.46. The molecule has 3 rings (SSSR count). The Morgan fingerprint density at radius 2 is 1.92 bits per heavy atom. The summed E-state index contributed by atoms with van der Waals surface area (Å²) in [7, 11) is 0. The molecule has 25 heavy (non-hydrogen) atoms. The van der Waals surface area contributed by atoms with Crippen LogP contribution in [0.5, 0.6) is 0 Å². The van der Waals surface area contributed by atoms with Crippen LogP contribution in [0.2, 0.25) is 0 Å². The van der Waals surface area contributed by atoms with Crippen molar-refractivity contribution in [2.75, 3.05) is 13.1 Å². The maximum Gasteiger partial charge on any atom is 0.191 e. The Morgan fingerprint density at radius 1 is 1.24 bits per heavy atom. The fourth-order valence-corrected chi connectivity index (χ4v) is 3.52. The smallest absolute Gasteiger partial charge is 0.191 e. The number of guanidine groups is 1. The third-order valence-electron chi connectivity index (χ3n) is 5.22. The lowest BCUT2D eigenvalue weighted by Crippen LogP contribution is -2.45. The van der Waals surface area contributed by atoms with Crippen LogP contribution in [0.15, 0.2) is 29.3 Å². The van der Waals surface area contributed by atoms with E-state index in [0.29, 0.717) is 12.6 Å². The summed E-state index contributed by atoms with van der Waals surface area (Å²) in [5, 5.41) is 16.4. The normalized spacial score (nSPS) is 25.0. The quantitative estimate of drug-likeness (QED) is 0.358. The van der Waals surface area contributed by atoms with Crippen molar-refractivity contribution in [3.05, 3.63) is 35.6 Å². The molecule has 0 unspecified atom stereocenters. The van der Waals surface area contributed by atoms with Crippen molar-refractivity contribution in [3.63, 3.8) is 0 Å². The molecular formula is C19H29FIN3O. The zero-order chi connectivity index (χ0) is 17.0. The molecule has 2 aliphatic rings. The first kappa shape index (κ1) is 20.4. The topological polar surface area (TPSA) is 56.7 Å². The molecule has 2 fully saturated rings. The van der Waals surface area contributed by atoms with Crippen molar-refractivity contribution < 1.29 is 9.50 Å². The van der Waals surface area contributed by atoms with E-state index >= 15 is 0 Å². The zero-order valence-electron chi connectivity index (χ0n) is 14.8. The summed E-state index contributed by atoms with van der Waals surface area (Å²) in [4.78, 5) is 4.74. The van der Waals surface area contributed by atoms with E-state index in [1.165, 1.54) is 6.07 Å². The highest BCUT2D eigenvalue weighted by molar-refractivity contribution is 14.0. The molecule has 1 aromatic rings. The van der Waals surface area contributed by atoms with E-state index in [2.05, 4.69) is 10.6 Å². The van der Waals surface area contributed by atoms with Crippen LogP contribution >= 0.6 is 24.0 Å². The molecule has 6 heteroatoms. The monoisotopic (exact) mass is 461 g/mol. The van der Waals surface area contributed by atoms with Crippen LogP contribution in [0.1, 0.15) is 51.0 Å². The predicted molar refractivity (Wildman–Crippen MR) is 110 cm³/mol. The second-order valence-corrected chi connectivity index (χ2v) is 7.11. The van der Waals surface area contributed by atoms with Gasteiger partial charge in [0, 0.05) is 18.0 Å². The van der Waals surface area contributed by atoms with E-state index in [0.717, 1.165) is 56.6 Å². The molecule has 0 bridgehead atoms. The number of aliphatic imine (C=N–C) groups is 1. The Hall–Kier alpha value is -0.890. The van der Waals surface area contributed by atoms with E-state index in [-0.39, 0.29) is 41.3 Å². The third kappa shape index (κ3) is 5.29. The molecule has 2 aliphatic carbocycles. The minimum Gasteiger partial charge on any atom is -0.393 e. The van der Waals surface area contributed by atoms with Crippen molar-refractivity contribution in [2.24, 2.45) is 4.99 Å². The summed E-state index contributed by atoms with van der Waals surface area (Å²) >= 11 is 0. The Kier molecular flexibility index (Phi) is 7.49. The van der Waals surface area contributed by atoms with E-state index < -0.39 is 0 Å². The first-order valence-electron chi connectivity index (χ1n) is 9.11. The lowest BCUT2D eigenvalue weighted by atomic mass is 9.93. The van der Waals surface area contributed by atoms with Gasteiger partial charge in [0.15, 0.2) is 5.96 Å². The highest BCUT2D eigenvalue weighted by atomic mass is 127. The van der Waals surface area contributed by atoms with Gasteiger partial charge >= 0.3 is 0 Å². The Balaban J connectivity index is 0.00000225. The molecule has 3 N–H and O–H groups in total. The molecule has 0 atom stereocenters. The summed E-state index contributed by atoms with van der Waals surface area (Å²) < 4.78 is 14.1. The van der Waals surface area contributed by atoms with Gasteiger partial charge in [-0.25, -0.2) is 4.39 Å². The Bertz CT molecular complexity index is 584. The number of benzene rings is 1. The largest absolute Gasteiger partial charge is 0.393 e. The van der Waals surface area contributed by atoms with Gasteiger partial charge in [-0.15, -0.1) is 24.0 Å². The first-order valence-corrected chi connectivity index (χ1v) is 9.11.